The van der Waals surface area contributed by atoms with Crippen molar-refractivity contribution in [2.45, 2.75) is 6.42 Å². The van der Waals surface area contributed by atoms with E-state index in [2.05, 4.69) is 4.74 Å². The van der Waals surface area contributed by atoms with E-state index in [1.165, 1.54) is 0 Å². The third kappa shape index (κ3) is 4.76. The van der Waals surface area contributed by atoms with Crippen LogP contribution < -0.4 is 0 Å². The van der Waals surface area contributed by atoms with Crippen LogP contribution in [-0.2, 0) is 14.3 Å². The first kappa shape index (κ1) is 8.61. The zero-order chi connectivity index (χ0) is 7.98. The van der Waals surface area contributed by atoms with E-state index in [1.807, 2.05) is 0 Å². The molecule has 0 rings (SSSR count). The molecule has 0 radical (unpaired) electrons. The molecule has 2 N–H and O–H groups in total. The summed E-state index contributed by atoms with van der Waals surface area (Å²) in [7, 11) is 0. The molecule has 0 amide bonds. The van der Waals surface area contributed by atoms with Crippen LogP contribution in [0, 0.1) is 5.41 Å². The molecular weight excluding hydrogens is 138 g/mol. The predicted molar refractivity (Wildman–Crippen MR) is 32.0 cm³/mol. The van der Waals surface area contributed by atoms with E-state index in [9.17, 15) is 9.59 Å². The van der Waals surface area contributed by atoms with Crippen molar-refractivity contribution in [3.8, 4) is 0 Å². The van der Waals surface area contributed by atoms with Gasteiger partial charge in [-0.2, -0.15) is 0 Å². The van der Waals surface area contributed by atoms with Gasteiger partial charge in [-0.25, -0.2) is 0 Å². The SMILES string of the molecule is N=CCOC(=O)CC(=O)O. The van der Waals surface area contributed by atoms with Gasteiger partial charge in [-0.15, -0.1) is 0 Å². The Balaban J connectivity index is 3.43. The predicted octanol–water partition coefficient (Wildman–Crippen LogP) is -0.346. The number of nitrogens with one attached hydrogen (secondary N) is 1. The minimum atomic E-state index is -1.23. The lowest BCUT2D eigenvalue weighted by atomic mass is 10.4. The number of carboxylic acids is 1. The van der Waals surface area contributed by atoms with Crippen LogP contribution in [0.15, 0.2) is 0 Å². The average molecular weight is 145 g/mol. The van der Waals surface area contributed by atoms with E-state index in [-0.39, 0.29) is 6.61 Å². The Bertz CT molecular complexity index is 154. The maximum absolute atomic E-state index is 10.3. The largest absolute Gasteiger partial charge is 0.481 e. The topological polar surface area (TPSA) is 87.5 Å². The smallest absolute Gasteiger partial charge is 0.317 e. The summed E-state index contributed by atoms with van der Waals surface area (Å²) < 4.78 is 4.24. The quantitative estimate of drug-likeness (QED) is 0.321. The van der Waals surface area contributed by atoms with Crippen LogP contribution in [0.5, 0.6) is 0 Å². The number of rotatable bonds is 4. The maximum atomic E-state index is 10.3. The normalized spacial score (nSPS) is 8.40. The molecule has 0 fully saturated rings. The van der Waals surface area contributed by atoms with E-state index in [0.29, 0.717) is 0 Å². The summed E-state index contributed by atoms with van der Waals surface area (Å²) in [5.41, 5.74) is 0. The number of aliphatic carboxylic acids is 1. The van der Waals surface area contributed by atoms with Gasteiger partial charge >= 0.3 is 11.9 Å². The zero-order valence-corrected chi connectivity index (χ0v) is 5.16. The van der Waals surface area contributed by atoms with E-state index in [4.69, 9.17) is 10.5 Å². The highest BCUT2D eigenvalue weighted by atomic mass is 16.5. The molecule has 0 spiro atoms. The van der Waals surface area contributed by atoms with Crippen molar-refractivity contribution in [3.63, 3.8) is 0 Å². The Morgan fingerprint density at radius 2 is 2.20 bits per heavy atom. The number of esters is 1. The zero-order valence-electron chi connectivity index (χ0n) is 5.16. The second kappa shape index (κ2) is 4.49. The van der Waals surface area contributed by atoms with Crippen molar-refractivity contribution < 1.29 is 19.4 Å². The van der Waals surface area contributed by atoms with Crippen molar-refractivity contribution in [3.05, 3.63) is 0 Å². The Kier molecular flexibility index (Phi) is 3.86. The molecule has 56 valence electrons. The van der Waals surface area contributed by atoms with Gasteiger partial charge in [0.15, 0.2) is 0 Å². The summed E-state index contributed by atoms with van der Waals surface area (Å²) in [6, 6.07) is 0. The number of carbonyl (C=O) groups is 2. The fourth-order valence-electron chi connectivity index (χ4n) is 0.309. The molecule has 5 heteroatoms. The van der Waals surface area contributed by atoms with Gasteiger partial charge in [0.05, 0.1) is 0 Å². The van der Waals surface area contributed by atoms with Crippen molar-refractivity contribution in [2.24, 2.45) is 0 Å². The van der Waals surface area contributed by atoms with Crippen LogP contribution in [0.4, 0.5) is 0 Å². The number of hydrogen-bond donors (Lipinski definition) is 2. The molecule has 0 aromatic carbocycles. The van der Waals surface area contributed by atoms with Crippen molar-refractivity contribution in [1.82, 2.24) is 0 Å². The van der Waals surface area contributed by atoms with Crippen LogP contribution >= 0.6 is 0 Å². The fraction of sp³-hybridized carbons (Fsp3) is 0.400. The van der Waals surface area contributed by atoms with Crippen molar-refractivity contribution in [1.29, 1.82) is 5.41 Å². The highest BCUT2D eigenvalue weighted by molar-refractivity contribution is 5.90. The lowest BCUT2D eigenvalue weighted by molar-refractivity contribution is -0.150. The van der Waals surface area contributed by atoms with Crippen molar-refractivity contribution >= 4 is 18.2 Å². The van der Waals surface area contributed by atoms with Crippen molar-refractivity contribution in [2.75, 3.05) is 6.61 Å². The van der Waals surface area contributed by atoms with Gasteiger partial charge in [0, 0.05) is 6.21 Å². The monoisotopic (exact) mass is 145 g/mol. The molecule has 0 bridgehead atoms. The molecule has 0 saturated carbocycles. The molecule has 10 heavy (non-hydrogen) atoms. The van der Waals surface area contributed by atoms with Gasteiger partial charge in [0.25, 0.3) is 0 Å². The van der Waals surface area contributed by atoms with E-state index < -0.39 is 18.4 Å². The first-order valence-corrected chi connectivity index (χ1v) is 2.53. The lowest BCUT2D eigenvalue weighted by Crippen LogP contribution is -2.11. The molecule has 0 aromatic heterocycles. The highest BCUT2D eigenvalue weighted by Gasteiger charge is 2.06. The van der Waals surface area contributed by atoms with Crippen LogP contribution in [-0.4, -0.2) is 29.9 Å². The summed E-state index contributed by atoms with van der Waals surface area (Å²) in [5.74, 6) is -2.05. The van der Waals surface area contributed by atoms with Crippen LogP contribution in [0.25, 0.3) is 0 Å². The molecule has 0 unspecified atom stereocenters. The van der Waals surface area contributed by atoms with E-state index in [0.717, 1.165) is 6.21 Å². The van der Waals surface area contributed by atoms with Crippen LogP contribution in [0.3, 0.4) is 0 Å². The Morgan fingerprint density at radius 1 is 1.60 bits per heavy atom. The molecule has 0 aliphatic rings. The summed E-state index contributed by atoms with van der Waals surface area (Å²) >= 11 is 0. The summed E-state index contributed by atoms with van der Waals surface area (Å²) in [4.78, 5) is 20.1. The van der Waals surface area contributed by atoms with Gasteiger partial charge in [0.2, 0.25) is 0 Å². The third-order valence-corrected chi connectivity index (χ3v) is 0.623. The third-order valence-electron chi connectivity index (χ3n) is 0.623. The van der Waals surface area contributed by atoms with Crippen LogP contribution in [0.2, 0.25) is 0 Å². The Labute approximate surface area is 57.1 Å². The van der Waals surface area contributed by atoms with Crippen LogP contribution in [0.1, 0.15) is 6.42 Å². The molecule has 0 saturated heterocycles. The summed E-state index contributed by atoms with van der Waals surface area (Å²) in [5, 5.41) is 14.5. The van der Waals surface area contributed by atoms with Gasteiger partial charge in [-0.1, -0.05) is 0 Å². The Morgan fingerprint density at radius 3 is 2.60 bits per heavy atom. The average Bonchev–Trinajstić information content (AvgIpc) is 1.82. The molecule has 0 atom stereocenters. The number of ether oxygens (including phenoxy) is 1. The standard InChI is InChI=1S/C5H7NO4/c6-1-2-10-5(9)3-4(7)8/h1,6H,2-3H2,(H,7,8). The van der Waals surface area contributed by atoms with Gasteiger partial charge in [-0.3, -0.25) is 9.59 Å². The molecule has 0 aromatic rings. The minimum absolute atomic E-state index is 0.161. The molecular formula is C5H7NO4. The van der Waals surface area contributed by atoms with Gasteiger partial charge < -0.3 is 15.3 Å². The maximum Gasteiger partial charge on any atom is 0.317 e. The molecule has 0 heterocycles. The summed E-state index contributed by atoms with van der Waals surface area (Å²) in [6.07, 6.45) is 0.230. The molecule has 0 aliphatic carbocycles. The lowest BCUT2D eigenvalue weighted by Gasteiger charge is -1.95. The summed E-state index contributed by atoms with van der Waals surface area (Å²) in [6.45, 7) is -0.161. The number of carboxylic acid groups (broad SMARTS) is 1. The van der Waals surface area contributed by atoms with Gasteiger partial charge in [0.1, 0.15) is 13.0 Å². The Hall–Kier alpha value is -1.39. The second-order valence-electron chi connectivity index (χ2n) is 1.46. The fourth-order valence-corrected chi connectivity index (χ4v) is 0.309. The second-order valence-corrected chi connectivity index (χ2v) is 1.46. The van der Waals surface area contributed by atoms with E-state index >= 15 is 0 Å². The molecule has 0 aliphatic heterocycles. The minimum Gasteiger partial charge on any atom is -0.481 e. The first-order valence-electron chi connectivity index (χ1n) is 2.53. The van der Waals surface area contributed by atoms with Gasteiger partial charge in [-0.05, 0) is 0 Å². The first-order chi connectivity index (χ1) is 4.66. The number of carbonyl (C=O) groups excluding carboxylic acids is 1. The highest BCUT2D eigenvalue weighted by Crippen LogP contribution is 1.83. The van der Waals surface area contributed by atoms with E-state index in [1.54, 1.807) is 0 Å². The molecule has 5 nitrogen and oxygen atoms in total. The number of hydrogen-bond acceptors (Lipinski definition) is 4.